The molecule has 0 spiro atoms. The number of fused-ring (bicyclic) bond motifs is 1. The van der Waals surface area contributed by atoms with Gasteiger partial charge in [0.2, 0.25) is 0 Å². The van der Waals surface area contributed by atoms with Crippen LogP contribution in [0.2, 0.25) is 0 Å². The summed E-state index contributed by atoms with van der Waals surface area (Å²) in [6.07, 6.45) is 6.55. The second-order valence-corrected chi connectivity index (χ2v) is 5.37. The van der Waals surface area contributed by atoms with Gasteiger partial charge in [-0.05, 0) is 36.8 Å². The predicted molar refractivity (Wildman–Crippen MR) is 95.3 cm³/mol. The van der Waals surface area contributed by atoms with Gasteiger partial charge in [-0.2, -0.15) is 5.10 Å². The van der Waals surface area contributed by atoms with Gasteiger partial charge in [-0.25, -0.2) is 4.79 Å². The van der Waals surface area contributed by atoms with Gasteiger partial charge in [0.25, 0.3) is 0 Å². The summed E-state index contributed by atoms with van der Waals surface area (Å²) in [6.45, 7) is 2.72. The van der Waals surface area contributed by atoms with Crippen LogP contribution in [0, 0.1) is 0 Å². The first-order valence-corrected chi connectivity index (χ1v) is 7.99. The summed E-state index contributed by atoms with van der Waals surface area (Å²) < 4.78 is 12.0. The maximum Gasteiger partial charge on any atom is 0.330 e. The molecule has 0 fully saturated rings. The van der Waals surface area contributed by atoms with Crippen molar-refractivity contribution in [3.8, 4) is 5.75 Å². The maximum absolute atomic E-state index is 11.5. The molecule has 0 bridgehead atoms. The predicted octanol–water partition coefficient (Wildman–Crippen LogP) is 3.06. The normalized spacial score (nSPS) is 11.1. The molecular weight excluding hydrogens is 318 g/mol. The van der Waals surface area contributed by atoms with E-state index in [1.807, 2.05) is 35.0 Å². The number of ether oxygens (including phenoxy) is 2. The lowest BCUT2D eigenvalue weighted by molar-refractivity contribution is -0.137. The summed E-state index contributed by atoms with van der Waals surface area (Å²) in [5.41, 5.74) is 2.70. The molecular formula is C19H19N3O3. The minimum Gasteiger partial charge on any atom is -0.497 e. The van der Waals surface area contributed by atoms with Gasteiger partial charge < -0.3 is 9.47 Å². The van der Waals surface area contributed by atoms with E-state index in [2.05, 4.69) is 10.1 Å². The van der Waals surface area contributed by atoms with Gasteiger partial charge in [-0.1, -0.05) is 12.1 Å². The third-order valence-electron chi connectivity index (χ3n) is 3.74. The van der Waals surface area contributed by atoms with Crippen LogP contribution in [-0.4, -0.2) is 34.5 Å². The average Bonchev–Trinajstić information content (AvgIpc) is 2.99. The number of pyridine rings is 1. The van der Waals surface area contributed by atoms with E-state index in [0.717, 1.165) is 22.2 Å². The summed E-state index contributed by atoms with van der Waals surface area (Å²) in [5.74, 6) is 0.434. The van der Waals surface area contributed by atoms with E-state index in [0.29, 0.717) is 18.8 Å². The number of aromatic nitrogens is 3. The number of rotatable bonds is 6. The van der Waals surface area contributed by atoms with Crippen LogP contribution in [-0.2, 0) is 16.1 Å². The summed E-state index contributed by atoms with van der Waals surface area (Å²) in [6, 6.07) is 9.72. The van der Waals surface area contributed by atoms with E-state index in [4.69, 9.17) is 9.47 Å². The van der Waals surface area contributed by atoms with Crippen molar-refractivity contribution in [3.05, 3.63) is 60.1 Å². The van der Waals surface area contributed by atoms with Crippen LogP contribution < -0.4 is 4.74 Å². The third-order valence-corrected chi connectivity index (χ3v) is 3.74. The number of methoxy groups -OCH3 is 1. The number of carbonyl (C=O) groups is 1. The SMILES string of the molecule is CCOC(=O)/C=C/c1nn(Cc2ccc(OC)cc2)c2cnccc12. The fraction of sp³-hybridized carbons (Fsp3) is 0.211. The largest absolute Gasteiger partial charge is 0.497 e. The standard InChI is InChI=1S/C19H19N3O3/c1-3-25-19(23)9-8-17-16-10-11-20-12-18(16)22(21-17)13-14-4-6-15(24-2)7-5-14/h4-12H,3,13H2,1-2H3/b9-8+. The second-order valence-electron chi connectivity index (χ2n) is 5.37. The summed E-state index contributed by atoms with van der Waals surface area (Å²) in [5, 5.41) is 5.54. The maximum atomic E-state index is 11.5. The molecule has 0 aliphatic rings. The van der Waals surface area contributed by atoms with Crippen molar-refractivity contribution in [1.29, 1.82) is 0 Å². The molecule has 3 aromatic rings. The number of nitrogens with zero attached hydrogens (tertiary/aromatic N) is 3. The number of hydrogen-bond donors (Lipinski definition) is 0. The second kappa shape index (κ2) is 7.61. The highest BCUT2D eigenvalue weighted by molar-refractivity contribution is 5.92. The quantitative estimate of drug-likeness (QED) is 0.511. The lowest BCUT2D eigenvalue weighted by Crippen LogP contribution is -2.02. The van der Waals surface area contributed by atoms with Gasteiger partial charge in [0, 0.05) is 17.7 Å². The van der Waals surface area contributed by atoms with Crippen LogP contribution in [0.3, 0.4) is 0 Å². The summed E-state index contributed by atoms with van der Waals surface area (Å²) in [4.78, 5) is 15.7. The Labute approximate surface area is 145 Å². The van der Waals surface area contributed by atoms with Gasteiger partial charge in [0.05, 0.1) is 37.7 Å². The van der Waals surface area contributed by atoms with Gasteiger partial charge in [0.15, 0.2) is 0 Å². The van der Waals surface area contributed by atoms with Crippen molar-refractivity contribution in [2.24, 2.45) is 0 Å². The molecule has 0 aliphatic heterocycles. The summed E-state index contributed by atoms with van der Waals surface area (Å²) >= 11 is 0. The van der Waals surface area contributed by atoms with Crippen LogP contribution in [0.5, 0.6) is 5.75 Å². The monoisotopic (exact) mass is 337 g/mol. The Balaban J connectivity index is 1.91. The molecule has 0 N–H and O–H groups in total. The molecule has 0 radical (unpaired) electrons. The lowest BCUT2D eigenvalue weighted by Gasteiger charge is -2.05. The Morgan fingerprint density at radius 2 is 2.04 bits per heavy atom. The van der Waals surface area contributed by atoms with Gasteiger partial charge in [0.1, 0.15) is 5.75 Å². The number of esters is 1. The average molecular weight is 337 g/mol. The first-order valence-electron chi connectivity index (χ1n) is 7.99. The molecule has 0 saturated carbocycles. The summed E-state index contributed by atoms with van der Waals surface area (Å²) in [7, 11) is 1.64. The van der Waals surface area contributed by atoms with Gasteiger partial charge >= 0.3 is 5.97 Å². The Morgan fingerprint density at radius 3 is 2.76 bits per heavy atom. The van der Waals surface area contributed by atoms with Crippen LogP contribution >= 0.6 is 0 Å². The van der Waals surface area contributed by atoms with Crippen LogP contribution in [0.25, 0.3) is 17.0 Å². The highest BCUT2D eigenvalue weighted by Crippen LogP contribution is 2.20. The molecule has 0 atom stereocenters. The van der Waals surface area contributed by atoms with Gasteiger partial charge in [-0.15, -0.1) is 0 Å². The lowest BCUT2D eigenvalue weighted by atomic mass is 10.2. The molecule has 0 amide bonds. The molecule has 0 saturated heterocycles. The fourth-order valence-corrected chi connectivity index (χ4v) is 2.53. The van der Waals surface area contributed by atoms with Crippen molar-refractivity contribution in [2.45, 2.75) is 13.5 Å². The van der Waals surface area contributed by atoms with E-state index >= 15 is 0 Å². The Kier molecular flexibility index (Phi) is 5.09. The molecule has 6 nitrogen and oxygen atoms in total. The molecule has 6 heteroatoms. The highest BCUT2D eigenvalue weighted by Gasteiger charge is 2.09. The molecule has 3 rings (SSSR count). The first-order chi connectivity index (χ1) is 12.2. The van der Waals surface area contributed by atoms with Crippen LogP contribution in [0.4, 0.5) is 0 Å². The van der Waals surface area contributed by atoms with Crippen molar-refractivity contribution < 1.29 is 14.3 Å². The molecule has 2 aromatic heterocycles. The molecule has 25 heavy (non-hydrogen) atoms. The Hall–Kier alpha value is -3.15. The van der Waals surface area contributed by atoms with E-state index in [9.17, 15) is 4.79 Å². The van der Waals surface area contributed by atoms with Crippen molar-refractivity contribution >= 4 is 22.9 Å². The van der Waals surface area contributed by atoms with Crippen LogP contribution in [0.1, 0.15) is 18.2 Å². The van der Waals surface area contributed by atoms with Crippen molar-refractivity contribution in [3.63, 3.8) is 0 Å². The zero-order valence-corrected chi connectivity index (χ0v) is 14.2. The van der Waals surface area contributed by atoms with E-state index in [1.165, 1.54) is 6.08 Å². The third kappa shape index (κ3) is 3.85. The molecule has 128 valence electrons. The Morgan fingerprint density at radius 1 is 1.24 bits per heavy atom. The van der Waals surface area contributed by atoms with E-state index in [-0.39, 0.29) is 5.97 Å². The molecule has 0 aliphatic carbocycles. The van der Waals surface area contributed by atoms with E-state index < -0.39 is 0 Å². The van der Waals surface area contributed by atoms with Crippen LogP contribution in [0.15, 0.2) is 48.8 Å². The Bertz CT molecular complexity index is 898. The van der Waals surface area contributed by atoms with Crippen molar-refractivity contribution in [2.75, 3.05) is 13.7 Å². The molecule has 2 heterocycles. The topological polar surface area (TPSA) is 66.2 Å². The van der Waals surface area contributed by atoms with Gasteiger partial charge in [-0.3, -0.25) is 9.67 Å². The van der Waals surface area contributed by atoms with E-state index in [1.54, 1.807) is 32.5 Å². The zero-order chi connectivity index (χ0) is 17.6. The zero-order valence-electron chi connectivity index (χ0n) is 14.2. The smallest absolute Gasteiger partial charge is 0.330 e. The minimum absolute atomic E-state index is 0.347. The van der Waals surface area contributed by atoms with Crippen molar-refractivity contribution in [1.82, 2.24) is 14.8 Å². The highest BCUT2D eigenvalue weighted by atomic mass is 16.5. The number of carbonyl (C=O) groups excluding carboxylic acids is 1. The molecule has 0 unspecified atom stereocenters. The fourth-order valence-electron chi connectivity index (χ4n) is 2.53. The first kappa shape index (κ1) is 16.7. The molecule has 1 aromatic carbocycles. The minimum atomic E-state index is -0.380. The number of benzene rings is 1. The number of hydrogen-bond acceptors (Lipinski definition) is 5.